The maximum Gasteiger partial charge on any atom is 0.223 e. The fraction of sp³-hybridized carbons (Fsp3) is 0.316. The maximum absolute atomic E-state index is 12.1. The number of carbonyl (C=O) groups excluding carboxylic acids is 2. The quantitative estimate of drug-likeness (QED) is 0.783. The Morgan fingerprint density at radius 3 is 2.46 bits per heavy atom. The van der Waals surface area contributed by atoms with E-state index in [1.165, 1.54) is 18.9 Å². The van der Waals surface area contributed by atoms with Crippen molar-refractivity contribution >= 4 is 17.5 Å². The molecule has 138 valence electrons. The van der Waals surface area contributed by atoms with E-state index in [0.717, 1.165) is 5.56 Å². The van der Waals surface area contributed by atoms with Gasteiger partial charge < -0.3 is 19.7 Å². The molecule has 0 spiro atoms. The summed E-state index contributed by atoms with van der Waals surface area (Å²) in [4.78, 5) is 29.7. The number of amides is 2. The van der Waals surface area contributed by atoms with E-state index in [9.17, 15) is 9.59 Å². The molecule has 26 heavy (non-hydrogen) atoms. The van der Waals surface area contributed by atoms with Gasteiger partial charge in [-0.15, -0.1) is 0 Å². The van der Waals surface area contributed by atoms with Crippen LogP contribution in [0.5, 0.6) is 11.5 Å². The van der Waals surface area contributed by atoms with Gasteiger partial charge in [-0.1, -0.05) is 0 Å². The standard InChI is InChI=1S/C19H23N3O4/c1-14(23)22(17-12-16(25-2)4-5-18(17)26-3)11-8-19(24)21-13-15-6-9-20-10-7-15/h4-7,9-10,12H,8,11,13H2,1-3H3,(H,21,24). The zero-order chi connectivity index (χ0) is 18.9. The predicted octanol–water partition coefficient (Wildman–Crippen LogP) is 2.16. The molecule has 1 N–H and O–H groups in total. The highest BCUT2D eigenvalue weighted by Gasteiger charge is 2.18. The lowest BCUT2D eigenvalue weighted by Crippen LogP contribution is -2.34. The van der Waals surface area contributed by atoms with Crippen LogP contribution in [-0.4, -0.2) is 37.6 Å². The highest BCUT2D eigenvalue weighted by Crippen LogP contribution is 2.32. The minimum Gasteiger partial charge on any atom is -0.497 e. The molecule has 0 radical (unpaired) electrons. The number of nitrogens with zero attached hydrogens (tertiary/aromatic N) is 2. The number of hydrogen-bond acceptors (Lipinski definition) is 5. The molecular formula is C19H23N3O4. The van der Waals surface area contributed by atoms with Gasteiger partial charge in [0.15, 0.2) is 0 Å². The van der Waals surface area contributed by atoms with E-state index in [1.54, 1.807) is 37.7 Å². The van der Waals surface area contributed by atoms with Crippen molar-refractivity contribution in [3.63, 3.8) is 0 Å². The Kier molecular flexibility index (Phi) is 6.96. The Balaban J connectivity index is 2.02. The van der Waals surface area contributed by atoms with Crippen LogP contribution < -0.4 is 19.7 Å². The van der Waals surface area contributed by atoms with Crippen LogP contribution in [0.2, 0.25) is 0 Å². The average molecular weight is 357 g/mol. The third-order valence-electron chi connectivity index (χ3n) is 3.86. The Morgan fingerprint density at radius 1 is 1.12 bits per heavy atom. The van der Waals surface area contributed by atoms with Crippen LogP contribution >= 0.6 is 0 Å². The summed E-state index contributed by atoms with van der Waals surface area (Å²) in [7, 11) is 3.08. The monoisotopic (exact) mass is 357 g/mol. The molecule has 1 aromatic carbocycles. The zero-order valence-electron chi connectivity index (χ0n) is 15.2. The number of aromatic nitrogens is 1. The first kappa shape index (κ1) is 19.2. The molecule has 0 saturated carbocycles. The molecule has 0 atom stereocenters. The summed E-state index contributed by atoms with van der Waals surface area (Å²) in [6.45, 7) is 2.11. The van der Waals surface area contributed by atoms with E-state index in [-0.39, 0.29) is 24.8 Å². The number of hydrogen-bond donors (Lipinski definition) is 1. The van der Waals surface area contributed by atoms with Crippen molar-refractivity contribution in [2.24, 2.45) is 0 Å². The third kappa shape index (κ3) is 5.20. The van der Waals surface area contributed by atoms with Gasteiger partial charge in [0.05, 0.1) is 19.9 Å². The van der Waals surface area contributed by atoms with Crippen LogP contribution in [-0.2, 0) is 16.1 Å². The highest BCUT2D eigenvalue weighted by molar-refractivity contribution is 5.94. The van der Waals surface area contributed by atoms with E-state index >= 15 is 0 Å². The van der Waals surface area contributed by atoms with Gasteiger partial charge in [-0.2, -0.15) is 0 Å². The van der Waals surface area contributed by atoms with Crippen molar-refractivity contribution in [1.82, 2.24) is 10.3 Å². The Bertz CT molecular complexity index is 750. The SMILES string of the molecule is COc1ccc(OC)c(N(CCC(=O)NCc2ccncc2)C(C)=O)c1. The van der Waals surface area contributed by atoms with Crippen molar-refractivity contribution in [1.29, 1.82) is 0 Å². The lowest BCUT2D eigenvalue weighted by molar-refractivity contribution is -0.121. The molecule has 0 saturated heterocycles. The molecule has 0 bridgehead atoms. The van der Waals surface area contributed by atoms with Gasteiger partial charge in [0, 0.05) is 44.9 Å². The van der Waals surface area contributed by atoms with E-state index in [4.69, 9.17) is 9.47 Å². The molecule has 0 unspecified atom stereocenters. The van der Waals surface area contributed by atoms with Gasteiger partial charge in [-0.05, 0) is 29.8 Å². The zero-order valence-corrected chi connectivity index (χ0v) is 15.2. The van der Waals surface area contributed by atoms with Crippen LogP contribution in [0.1, 0.15) is 18.9 Å². The fourth-order valence-corrected chi connectivity index (χ4v) is 2.46. The summed E-state index contributed by atoms with van der Waals surface area (Å²) in [5.74, 6) is 0.820. The second-order valence-corrected chi connectivity index (χ2v) is 5.59. The van der Waals surface area contributed by atoms with Crippen LogP contribution in [0.25, 0.3) is 0 Å². The summed E-state index contributed by atoms with van der Waals surface area (Å²) in [6.07, 6.45) is 3.52. The summed E-state index contributed by atoms with van der Waals surface area (Å²) in [5, 5.41) is 2.84. The van der Waals surface area contributed by atoms with Crippen LogP contribution in [0.4, 0.5) is 5.69 Å². The minimum absolute atomic E-state index is 0.144. The summed E-state index contributed by atoms with van der Waals surface area (Å²) in [5.41, 5.74) is 1.53. The van der Waals surface area contributed by atoms with Crippen molar-refractivity contribution in [3.8, 4) is 11.5 Å². The Morgan fingerprint density at radius 2 is 1.85 bits per heavy atom. The molecule has 1 heterocycles. The van der Waals surface area contributed by atoms with E-state index < -0.39 is 0 Å². The van der Waals surface area contributed by atoms with Gasteiger partial charge in [0.1, 0.15) is 11.5 Å². The molecule has 0 aliphatic rings. The molecule has 2 aromatic rings. The van der Waals surface area contributed by atoms with Crippen LogP contribution in [0.3, 0.4) is 0 Å². The van der Waals surface area contributed by atoms with Crippen molar-refractivity contribution in [2.45, 2.75) is 19.9 Å². The fourth-order valence-electron chi connectivity index (χ4n) is 2.46. The molecule has 1 aromatic heterocycles. The molecule has 0 fully saturated rings. The number of carbonyl (C=O) groups is 2. The number of ether oxygens (including phenoxy) is 2. The molecule has 2 rings (SSSR count). The van der Waals surface area contributed by atoms with E-state index in [1.807, 2.05) is 12.1 Å². The first-order valence-corrected chi connectivity index (χ1v) is 8.21. The molecule has 7 heteroatoms. The molecule has 0 aliphatic heterocycles. The number of methoxy groups -OCH3 is 2. The lowest BCUT2D eigenvalue weighted by Gasteiger charge is -2.23. The average Bonchev–Trinajstić information content (AvgIpc) is 2.67. The summed E-state index contributed by atoms with van der Waals surface area (Å²) in [6, 6.07) is 8.87. The number of pyridine rings is 1. The van der Waals surface area contributed by atoms with Gasteiger partial charge in [-0.3, -0.25) is 14.6 Å². The topological polar surface area (TPSA) is 80.8 Å². The molecular weight excluding hydrogens is 334 g/mol. The first-order valence-electron chi connectivity index (χ1n) is 8.21. The van der Waals surface area contributed by atoms with E-state index in [2.05, 4.69) is 10.3 Å². The van der Waals surface area contributed by atoms with Crippen molar-refractivity contribution in [2.75, 3.05) is 25.7 Å². The molecule has 0 aliphatic carbocycles. The molecule has 7 nitrogen and oxygen atoms in total. The second kappa shape index (κ2) is 9.41. The second-order valence-electron chi connectivity index (χ2n) is 5.59. The normalized spacial score (nSPS) is 10.1. The van der Waals surface area contributed by atoms with Gasteiger partial charge in [-0.25, -0.2) is 0 Å². The maximum atomic E-state index is 12.1. The van der Waals surface area contributed by atoms with Crippen LogP contribution in [0, 0.1) is 0 Å². The van der Waals surface area contributed by atoms with Crippen molar-refractivity contribution < 1.29 is 19.1 Å². The first-order chi connectivity index (χ1) is 12.5. The largest absolute Gasteiger partial charge is 0.497 e. The summed E-state index contributed by atoms with van der Waals surface area (Å²) < 4.78 is 10.6. The minimum atomic E-state index is -0.182. The van der Waals surface area contributed by atoms with Gasteiger partial charge >= 0.3 is 0 Å². The van der Waals surface area contributed by atoms with Gasteiger partial charge in [0.25, 0.3) is 0 Å². The number of rotatable bonds is 8. The predicted molar refractivity (Wildman–Crippen MR) is 98.3 cm³/mol. The highest BCUT2D eigenvalue weighted by atomic mass is 16.5. The Labute approximate surface area is 152 Å². The number of anilines is 1. The smallest absolute Gasteiger partial charge is 0.223 e. The van der Waals surface area contributed by atoms with E-state index in [0.29, 0.717) is 23.7 Å². The van der Waals surface area contributed by atoms with Crippen LogP contribution in [0.15, 0.2) is 42.7 Å². The van der Waals surface area contributed by atoms with Gasteiger partial charge in [0.2, 0.25) is 11.8 Å². The lowest BCUT2D eigenvalue weighted by atomic mass is 10.2. The third-order valence-corrected chi connectivity index (χ3v) is 3.86. The van der Waals surface area contributed by atoms with Crippen molar-refractivity contribution in [3.05, 3.63) is 48.3 Å². The molecule has 2 amide bonds. The Hall–Kier alpha value is -3.09. The number of nitrogens with one attached hydrogen (secondary N) is 1. The number of benzene rings is 1. The summed E-state index contributed by atoms with van der Waals surface area (Å²) >= 11 is 0.